The molecule has 8 nitrogen and oxygen atoms in total. The van der Waals surface area contributed by atoms with Crippen molar-refractivity contribution in [2.24, 2.45) is 7.05 Å². The number of alkyl carbamates (subject to hydrolysis) is 1. The number of methoxy groups -OCH3 is 1. The van der Waals surface area contributed by atoms with Gasteiger partial charge in [0.15, 0.2) is 5.58 Å². The number of carbonyl (C=O) groups is 2. The molecular formula is C21H25N3O5. The number of amides is 1. The van der Waals surface area contributed by atoms with Crippen LogP contribution in [0, 0.1) is 0 Å². The molecular weight excluding hydrogens is 374 g/mol. The van der Waals surface area contributed by atoms with Gasteiger partial charge in [0.05, 0.1) is 7.11 Å². The SMILES string of the molecule is COC(=O)[C@H](Cc1ccc2oc(-c3cccn3C)nc2c1)NC(=O)OC(C)(C)C. The lowest BCUT2D eigenvalue weighted by molar-refractivity contribution is -0.143. The van der Waals surface area contributed by atoms with E-state index in [1.807, 2.05) is 42.1 Å². The molecule has 0 aliphatic carbocycles. The van der Waals surface area contributed by atoms with Gasteiger partial charge in [-0.25, -0.2) is 14.6 Å². The van der Waals surface area contributed by atoms with Crippen LogP contribution in [0.25, 0.3) is 22.7 Å². The molecule has 3 rings (SSSR count). The Hall–Kier alpha value is -3.29. The largest absolute Gasteiger partial charge is 0.467 e. The molecule has 0 bridgehead atoms. The number of aryl methyl sites for hydroxylation is 1. The second kappa shape index (κ2) is 7.98. The van der Waals surface area contributed by atoms with Gasteiger partial charge in [-0.3, -0.25) is 0 Å². The molecule has 2 aromatic heterocycles. The van der Waals surface area contributed by atoms with E-state index in [4.69, 9.17) is 13.9 Å². The number of benzene rings is 1. The van der Waals surface area contributed by atoms with Crippen molar-refractivity contribution in [2.75, 3.05) is 7.11 Å². The summed E-state index contributed by atoms with van der Waals surface area (Å²) >= 11 is 0. The van der Waals surface area contributed by atoms with Gasteiger partial charge in [-0.2, -0.15) is 0 Å². The lowest BCUT2D eigenvalue weighted by Gasteiger charge is -2.22. The van der Waals surface area contributed by atoms with Crippen LogP contribution in [0.15, 0.2) is 40.9 Å². The zero-order valence-corrected chi connectivity index (χ0v) is 17.2. The van der Waals surface area contributed by atoms with Gasteiger partial charge in [0, 0.05) is 19.7 Å². The van der Waals surface area contributed by atoms with E-state index in [-0.39, 0.29) is 6.42 Å². The molecule has 0 aliphatic heterocycles. The minimum Gasteiger partial charge on any atom is -0.467 e. The number of rotatable bonds is 5. The Morgan fingerprint density at radius 2 is 2.03 bits per heavy atom. The minimum atomic E-state index is -0.883. The van der Waals surface area contributed by atoms with Crippen molar-refractivity contribution in [3.63, 3.8) is 0 Å². The summed E-state index contributed by atoms with van der Waals surface area (Å²) in [5, 5.41) is 2.57. The number of carbonyl (C=O) groups excluding carboxylic acids is 2. The first-order valence-electron chi connectivity index (χ1n) is 9.25. The van der Waals surface area contributed by atoms with Crippen molar-refractivity contribution < 1.29 is 23.5 Å². The predicted octanol–water partition coefficient (Wildman–Crippen LogP) is 3.44. The van der Waals surface area contributed by atoms with Crippen LogP contribution in [-0.2, 0) is 27.7 Å². The molecule has 0 aliphatic rings. The molecule has 29 heavy (non-hydrogen) atoms. The van der Waals surface area contributed by atoms with E-state index < -0.39 is 23.7 Å². The van der Waals surface area contributed by atoms with Gasteiger partial charge < -0.3 is 23.8 Å². The first-order valence-corrected chi connectivity index (χ1v) is 9.25. The number of hydrogen-bond donors (Lipinski definition) is 1. The van der Waals surface area contributed by atoms with E-state index in [1.165, 1.54) is 7.11 Å². The lowest BCUT2D eigenvalue weighted by Crippen LogP contribution is -2.45. The van der Waals surface area contributed by atoms with Crippen molar-refractivity contribution >= 4 is 23.2 Å². The van der Waals surface area contributed by atoms with E-state index in [2.05, 4.69) is 10.3 Å². The van der Waals surface area contributed by atoms with E-state index in [0.29, 0.717) is 17.0 Å². The number of hydrogen-bond acceptors (Lipinski definition) is 6. The molecule has 0 spiro atoms. The highest BCUT2D eigenvalue weighted by Gasteiger charge is 2.25. The maximum atomic E-state index is 12.1. The summed E-state index contributed by atoms with van der Waals surface area (Å²) in [6.07, 6.45) is 1.47. The number of oxazole rings is 1. The van der Waals surface area contributed by atoms with Crippen LogP contribution in [0.2, 0.25) is 0 Å². The average Bonchev–Trinajstić information content (AvgIpc) is 3.23. The number of nitrogens with one attached hydrogen (secondary N) is 1. The molecule has 1 amide bonds. The maximum Gasteiger partial charge on any atom is 0.408 e. The Kier molecular flexibility index (Phi) is 5.63. The van der Waals surface area contributed by atoms with Crippen molar-refractivity contribution in [2.45, 2.75) is 38.8 Å². The standard InChI is InChI=1S/C21H25N3O5/c1-21(2,3)29-20(26)23-15(19(25)27-5)12-13-8-9-17-14(11-13)22-18(28-17)16-7-6-10-24(16)4/h6-11,15H,12H2,1-5H3,(H,23,26)/t15-/m0/s1. The minimum absolute atomic E-state index is 0.230. The maximum absolute atomic E-state index is 12.1. The van der Waals surface area contributed by atoms with Gasteiger partial charge in [-0.1, -0.05) is 6.07 Å². The summed E-state index contributed by atoms with van der Waals surface area (Å²) in [5.74, 6) is -0.0401. The molecule has 0 radical (unpaired) electrons. The Balaban J connectivity index is 1.81. The van der Waals surface area contributed by atoms with Gasteiger partial charge in [0.25, 0.3) is 0 Å². The Bertz CT molecular complexity index is 1030. The number of fused-ring (bicyclic) bond motifs is 1. The summed E-state index contributed by atoms with van der Waals surface area (Å²) in [5.41, 5.74) is 2.30. The summed E-state index contributed by atoms with van der Waals surface area (Å²) in [6, 6.07) is 8.41. The third-order valence-electron chi connectivity index (χ3n) is 4.23. The highest BCUT2D eigenvalue weighted by molar-refractivity contribution is 5.82. The molecule has 3 aromatic rings. The van der Waals surface area contributed by atoms with E-state index in [9.17, 15) is 9.59 Å². The predicted molar refractivity (Wildman–Crippen MR) is 107 cm³/mol. The topological polar surface area (TPSA) is 95.6 Å². The quantitative estimate of drug-likeness (QED) is 0.660. The number of ether oxygens (including phenoxy) is 2. The normalized spacial score (nSPS) is 12.6. The molecule has 1 atom stereocenters. The van der Waals surface area contributed by atoms with Gasteiger partial charge in [-0.15, -0.1) is 0 Å². The van der Waals surface area contributed by atoms with Crippen LogP contribution >= 0.6 is 0 Å². The molecule has 1 aromatic carbocycles. The summed E-state index contributed by atoms with van der Waals surface area (Å²) < 4.78 is 17.8. The van der Waals surface area contributed by atoms with E-state index in [1.54, 1.807) is 26.8 Å². The zero-order valence-electron chi connectivity index (χ0n) is 17.2. The molecule has 0 saturated heterocycles. The van der Waals surface area contributed by atoms with Crippen LogP contribution in [0.1, 0.15) is 26.3 Å². The molecule has 1 N–H and O–H groups in total. The Morgan fingerprint density at radius 3 is 2.66 bits per heavy atom. The third kappa shape index (κ3) is 4.96. The highest BCUT2D eigenvalue weighted by Crippen LogP contribution is 2.25. The number of aromatic nitrogens is 2. The van der Waals surface area contributed by atoms with Crippen LogP contribution in [0.3, 0.4) is 0 Å². The van der Waals surface area contributed by atoms with Crippen LogP contribution in [-0.4, -0.2) is 40.4 Å². The van der Waals surface area contributed by atoms with Gasteiger partial charge in [0.2, 0.25) is 5.89 Å². The van der Waals surface area contributed by atoms with Crippen molar-refractivity contribution in [1.82, 2.24) is 14.9 Å². The van der Waals surface area contributed by atoms with Crippen molar-refractivity contribution in [1.29, 1.82) is 0 Å². The molecule has 0 saturated carbocycles. The number of nitrogens with zero attached hydrogens (tertiary/aromatic N) is 2. The van der Waals surface area contributed by atoms with Gasteiger partial charge >= 0.3 is 12.1 Å². The average molecular weight is 399 g/mol. The van der Waals surface area contributed by atoms with Crippen molar-refractivity contribution in [3.8, 4) is 11.6 Å². The first kappa shape index (κ1) is 20.4. The Morgan fingerprint density at radius 1 is 1.28 bits per heavy atom. The zero-order chi connectivity index (χ0) is 21.2. The summed E-state index contributed by atoms with van der Waals surface area (Å²) in [6.45, 7) is 5.26. The fourth-order valence-electron chi connectivity index (χ4n) is 2.91. The smallest absolute Gasteiger partial charge is 0.408 e. The van der Waals surface area contributed by atoms with Crippen molar-refractivity contribution in [3.05, 3.63) is 42.1 Å². The van der Waals surface area contributed by atoms with Crippen LogP contribution in [0.4, 0.5) is 4.79 Å². The van der Waals surface area contributed by atoms with E-state index in [0.717, 1.165) is 11.3 Å². The molecule has 0 fully saturated rings. The number of esters is 1. The highest BCUT2D eigenvalue weighted by atomic mass is 16.6. The molecule has 154 valence electrons. The van der Waals surface area contributed by atoms with E-state index >= 15 is 0 Å². The van der Waals surface area contributed by atoms with Gasteiger partial charge in [-0.05, 0) is 50.6 Å². The summed E-state index contributed by atoms with van der Waals surface area (Å²) in [7, 11) is 3.19. The Labute approximate surface area is 168 Å². The molecule has 0 unspecified atom stereocenters. The second-order valence-electron chi connectivity index (χ2n) is 7.75. The fourth-order valence-corrected chi connectivity index (χ4v) is 2.91. The second-order valence-corrected chi connectivity index (χ2v) is 7.75. The third-order valence-corrected chi connectivity index (χ3v) is 4.23. The lowest BCUT2D eigenvalue weighted by atomic mass is 10.1. The van der Waals surface area contributed by atoms with Gasteiger partial charge in [0.1, 0.15) is 22.9 Å². The van der Waals surface area contributed by atoms with Crippen LogP contribution in [0.5, 0.6) is 0 Å². The monoisotopic (exact) mass is 399 g/mol. The van der Waals surface area contributed by atoms with Crippen LogP contribution < -0.4 is 5.32 Å². The first-order chi connectivity index (χ1) is 13.7. The molecule has 8 heteroatoms. The summed E-state index contributed by atoms with van der Waals surface area (Å²) in [4.78, 5) is 28.8. The molecule has 2 heterocycles. The fraction of sp³-hybridized carbons (Fsp3) is 0.381.